The number of amides is 1. The number of nitrogens with zero attached hydrogens (tertiary/aromatic N) is 4. The molecule has 0 aliphatic carbocycles. The Balaban J connectivity index is 1.63. The van der Waals surface area contributed by atoms with E-state index in [1.807, 2.05) is 24.3 Å². The van der Waals surface area contributed by atoms with Gasteiger partial charge in [0.15, 0.2) is 5.16 Å². The van der Waals surface area contributed by atoms with Crippen molar-refractivity contribution in [3.63, 3.8) is 0 Å². The van der Waals surface area contributed by atoms with Crippen molar-refractivity contribution in [2.75, 3.05) is 19.7 Å². The first-order valence-electron chi connectivity index (χ1n) is 10.8. The Morgan fingerprint density at radius 2 is 1.97 bits per heavy atom. The summed E-state index contributed by atoms with van der Waals surface area (Å²) in [6.07, 6.45) is 0.895. The van der Waals surface area contributed by atoms with E-state index < -0.39 is 4.92 Å². The van der Waals surface area contributed by atoms with Crippen molar-refractivity contribution in [3.8, 4) is 0 Å². The van der Waals surface area contributed by atoms with Crippen molar-refractivity contribution >= 4 is 34.4 Å². The quantitative estimate of drug-likeness (QED) is 0.228. The summed E-state index contributed by atoms with van der Waals surface area (Å²) in [5.74, 6) is 0.439. The smallest absolute Gasteiger partial charge is 0.409 e. The van der Waals surface area contributed by atoms with Crippen LogP contribution in [0.15, 0.2) is 58.5 Å². The van der Waals surface area contributed by atoms with E-state index in [1.54, 1.807) is 28.5 Å². The van der Waals surface area contributed by atoms with Crippen LogP contribution in [0.4, 0.5) is 10.5 Å². The number of rotatable bonds is 6. The molecule has 0 unspecified atom stereocenters. The maximum Gasteiger partial charge on any atom is 0.409 e. The van der Waals surface area contributed by atoms with Crippen LogP contribution in [0.25, 0.3) is 10.9 Å². The fourth-order valence-electron chi connectivity index (χ4n) is 3.98. The van der Waals surface area contributed by atoms with Crippen LogP contribution >= 0.6 is 11.8 Å². The lowest BCUT2D eigenvalue weighted by Crippen LogP contribution is -2.41. The number of carbonyl (C=O) groups is 1. The largest absolute Gasteiger partial charge is 0.450 e. The summed E-state index contributed by atoms with van der Waals surface area (Å²) in [6.45, 7) is 3.09. The predicted octanol–water partition coefficient (Wildman–Crippen LogP) is 4.39. The molecular weight excluding hydrogens is 444 g/mol. The molecule has 3 aromatic rings. The van der Waals surface area contributed by atoms with Gasteiger partial charge in [0, 0.05) is 37.0 Å². The Morgan fingerprint density at radius 3 is 2.70 bits per heavy atom. The molecule has 1 aliphatic rings. The maximum absolute atomic E-state index is 13.4. The van der Waals surface area contributed by atoms with Crippen molar-refractivity contribution in [3.05, 3.63) is 74.6 Å². The van der Waals surface area contributed by atoms with E-state index in [9.17, 15) is 19.7 Å². The van der Waals surface area contributed by atoms with E-state index >= 15 is 0 Å². The third-order valence-electron chi connectivity index (χ3n) is 5.62. The van der Waals surface area contributed by atoms with Crippen molar-refractivity contribution in [1.82, 2.24) is 14.5 Å². The van der Waals surface area contributed by atoms with Gasteiger partial charge in [-0.2, -0.15) is 0 Å². The van der Waals surface area contributed by atoms with Gasteiger partial charge in [-0.1, -0.05) is 36.0 Å². The van der Waals surface area contributed by atoms with Crippen molar-refractivity contribution in [2.24, 2.45) is 0 Å². The highest BCUT2D eigenvalue weighted by Crippen LogP contribution is 2.30. The number of hydrogen-bond donors (Lipinski definition) is 0. The van der Waals surface area contributed by atoms with Crippen LogP contribution < -0.4 is 5.56 Å². The van der Waals surface area contributed by atoms with Crippen LogP contribution in [-0.4, -0.2) is 45.2 Å². The van der Waals surface area contributed by atoms with E-state index in [2.05, 4.69) is 0 Å². The van der Waals surface area contributed by atoms with Crippen molar-refractivity contribution < 1.29 is 14.5 Å². The number of non-ortho nitro benzene ring substituents is 1. The number of thioether (sulfide) groups is 1. The normalized spacial score (nSPS) is 14.4. The van der Waals surface area contributed by atoms with E-state index in [1.165, 1.54) is 23.9 Å². The highest BCUT2D eigenvalue weighted by atomic mass is 32.2. The van der Waals surface area contributed by atoms with Gasteiger partial charge in [0.1, 0.15) is 0 Å². The van der Waals surface area contributed by atoms with Crippen LogP contribution in [0.1, 0.15) is 31.4 Å². The minimum absolute atomic E-state index is 0.0308. The number of hydrogen-bond acceptors (Lipinski definition) is 7. The molecule has 1 fully saturated rings. The molecule has 10 heteroatoms. The van der Waals surface area contributed by atoms with Gasteiger partial charge in [-0.15, -0.1) is 0 Å². The third kappa shape index (κ3) is 5.00. The molecule has 0 bridgehead atoms. The number of likely N-dealkylation sites (tertiary alicyclic amines) is 1. The summed E-state index contributed by atoms with van der Waals surface area (Å²) >= 11 is 1.38. The zero-order valence-electron chi connectivity index (χ0n) is 18.2. The van der Waals surface area contributed by atoms with Crippen molar-refractivity contribution in [1.29, 1.82) is 0 Å². The minimum atomic E-state index is -0.421. The van der Waals surface area contributed by atoms with Gasteiger partial charge in [-0.25, -0.2) is 9.78 Å². The molecule has 4 rings (SSSR count). The Kier molecular flexibility index (Phi) is 6.93. The van der Waals surface area contributed by atoms with Crippen LogP contribution in [-0.2, 0) is 10.5 Å². The molecule has 2 aromatic carbocycles. The topological polar surface area (TPSA) is 108 Å². The van der Waals surface area contributed by atoms with E-state index in [0.717, 1.165) is 5.56 Å². The van der Waals surface area contributed by atoms with Gasteiger partial charge in [-0.05, 0) is 37.5 Å². The zero-order chi connectivity index (χ0) is 23.4. The van der Waals surface area contributed by atoms with Gasteiger partial charge in [-0.3, -0.25) is 19.5 Å². The monoisotopic (exact) mass is 468 g/mol. The van der Waals surface area contributed by atoms with Gasteiger partial charge in [0.25, 0.3) is 11.2 Å². The van der Waals surface area contributed by atoms with Gasteiger partial charge in [0.05, 0.1) is 22.4 Å². The molecule has 0 N–H and O–H groups in total. The van der Waals surface area contributed by atoms with E-state index in [4.69, 9.17) is 9.72 Å². The highest BCUT2D eigenvalue weighted by Gasteiger charge is 2.27. The van der Waals surface area contributed by atoms with E-state index in [0.29, 0.717) is 54.4 Å². The molecule has 1 aliphatic heterocycles. The molecule has 0 radical (unpaired) electrons. The lowest BCUT2D eigenvalue weighted by Gasteiger charge is -2.33. The number of aromatic nitrogens is 2. The number of benzene rings is 2. The molecule has 9 nitrogen and oxygen atoms in total. The summed E-state index contributed by atoms with van der Waals surface area (Å²) < 4.78 is 6.82. The molecule has 172 valence electrons. The molecule has 0 atom stereocenters. The molecule has 2 heterocycles. The Labute approximate surface area is 194 Å². The summed E-state index contributed by atoms with van der Waals surface area (Å²) in [6, 6.07) is 13.6. The fourth-order valence-corrected chi connectivity index (χ4v) is 4.99. The second-order valence-corrected chi connectivity index (χ2v) is 8.66. The summed E-state index contributed by atoms with van der Waals surface area (Å²) in [7, 11) is 0. The molecular formula is C23H24N4O5S. The summed E-state index contributed by atoms with van der Waals surface area (Å²) in [5.41, 5.74) is 1.31. The maximum atomic E-state index is 13.4. The first-order valence-corrected chi connectivity index (χ1v) is 11.8. The van der Waals surface area contributed by atoms with Gasteiger partial charge >= 0.3 is 6.09 Å². The first-order chi connectivity index (χ1) is 16.0. The SMILES string of the molecule is CCOC(=O)N1CCC(n2c(SCc3cccc([N+](=O)[O-])c3)nc3ccccc3c2=O)CC1. The lowest BCUT2D eigenvalue weighted by molar-refractivity contribution is -0.384. The molecule has 0 saturated carbocycles. The molecule has 1 amide bonds. The number of ether oxygens (including phenoxy) is 1. The van der Waals surface area contributed by atoms with E-state index in [-0.39, 0.29) is 23.4 Å². The van der Waals surface area contributed by atoms with Crippen LogP contribution in [0.3, 0.4) is 0 Å². The van der Waals surface area contributed by atoms with Crippen LogP contribution in [0.2, 0.25) is 0 Å². The van der Waals surface area contributed by atoms with Crippen LogP contribution in [0.5, 0.6) is 0 Å². The first kappa shape index (κ1) is 22.8. The Bertz CT molecular complexity index is 1240. The number of para-hydroxylation sites is 1. The fraction of sp³-hybridized carbons (Fsp3) is 0.348. The van der Waals surface area contributed by atoms with Crippen molar-refractivity contribution in [2.45, 2.75) is 36.7 Å². The molecule has 1 aromatic heterocycles. The van der Waals surface area contributed by atoms with Crippen LogP contribution in [0, 0.1) is 10.1 Å². The highest BCUT2D eigenvalue weighted by molar-refractivity contribution is 7.98. The summed E-state index contributed by atoms with van der Waals surface area (Å²) in [5, 5.41) is 12.2. The van der Waals surface area contributed by atoms with Gasteiger partial charge < -0.3 is 9.64 Å². The average molecular weight is 469 g/mol. The zero-order valence-corrected chi connectivity index (χ0v) is 19.0. The number of fused-ring (bicyclic) bond motifs is 1. The molecule has 1 saturated heterocycles. The molecule has 33 heavy (non-hydrogen) atoms. The predicted molar refractivity (Wildman–Crippen MR) is 126 cm³/mol. The number of piperidine rings is 1. The second kappa shape index (κ2) is 10.0. The second-order valence-electron chi connectivity index (χ2n) is 7.72. The summed E-state index contributed by atoms with van der Waals surface area (Å²) in [4.78, 5) is 42.6. The Morgan fingerprint density at radius 1 is 1.21 bits per heavy atom. The standard InChI is InChI=1S/C23H24N4O5S/c1-2-32-23(29)25-12-10-17(11-13-25)26-21(28)19-8-3-4-9-20(19)24-22(26)33-15-16-6-5-7-18(14-16)27(30)31/h3-9,14,17H,2,10-13,15H2,1H3. The average Bonchev–Trinajstić information content (AvgIpc) is 2.83. The molecule has 0 spiro atoms. The third-order valence-corrected chi connectivity index (χ3v) is 6.64. The minimum Gasteiger partial charge on any atom is -0.450 e. The number of nitro groups is 1. The van der Waals surface area contributed by atoms with Gasteiger partial charge in [0.2, 0.25) is 0 Å². The lowest BCUT2D eigenvalue weighted by atomic mass is 10.0. The number of carbonyl (C=O) groups excluding carboxylic acids is 1. The Hall–Kier alpha value is -3.40. The number of nitro benzene ring substituents is 1.